The van der Waals surface area contributed by atoms with Crippen LogP contribution in [-0.4, -0.2) is 24.3 Å². The van der Waals surface area contributed by atoms with E-state index in [2.05, 4.69) is 23.3 Å². The number of hydrogen-bond donors (Lipinski definition) is 1. The van der Waals surface area contributed by atoms with Crippen LogP contribution in [0, 0.1) is 13.8 Å². The van der Waals surface area contributed by atoms with Gasteiger partial charge in [0.2, 0.25) is 0 Å². The Morgan fingerprint density at radius 2 is 1.81 bits per heavy atom. The Kier molecular flexibility index (Phi) is 6.51. The van der Waals surface area contributed by atoms with Gasteiger partial charge >= 0.3 is 0 Å². The van der Waals surface area contributed by atoms with Crippen molar-refractivity contribution in [3.63, 3.8) is 0 Å². The summed E-state index contributed by atoms with van der Waals surface area (Å²) in [5.41, 5.74) is 3.98. The van der Waals surface area contributed by atoms with Crippen LogP contribution in [0.15, 0.2) is 58.4 Å². The molecule has 0 atom stereocenters. The third-order valence-corrected chi connectivity index (χ3v) is 6.24. The van der Waals surface area contributed by atoms with E-state index in [4.69, 9.17) is 9.47 Å². The molecule has 1 saturated heterocycles. The number of thioether (sulfide) groups is 1. The van der Waals surface area contributed by atoms with Crippen molar-refractivity contribution in [3.05, 3.63) is 70.1 Å². The minimum absolute atomic E-state index is 0.167. The molecule has 6 heteroatoms. The molecule has 0 bridgehead atoms. The van der Waals surface area contributed by atoms with E-state index in [0.29, 0.717) is 23.3 Å². The number of nitrogens with zero attached hydrogens (tertiary/aromatic N) is 1. The third kappa shape index (κ3) is 4.50. The van der Waals surface area contributed by atoms with Crippen LogP contribution in [0.25, 0.3) is 16.8 Å². The number of nitrogens with one attached hydrogen (secondary N) is 1. The molecule has 1 N–H and O–H groups in total. The van der Waals surface area contributed by atoms with Gasteiger partial charge in [-0.2, -0.15) is 0 Å². The molecule has 0 saturated carbocycles. The van der Waals surface area contributed by atoms with Crippen molar-refractivity contribution in [2.24, 2.45) is 4.99 Å². The first kappa shape index (κ1) is 22.0. The number of aryl methyl sites for hydroxylation is 1. The van der Waals surface area contributed by atoms with E-state index in [-0.39, 0.29) is 5.91 Å². The number of rotatable bonds is 6. The molecule has 1 fully saturated rings. The Bertz CT molecular complexity index is 1240. The minimum atomic E-state index is -0.167. The number of hydrogen-bond acceptors (Lipinski definition) is 5. The Labute approximate surface area is 192 Å². The van der Waals surface area contributed by atoms with Gasteiger partial charge in [0.05, 0.1) is 23.8 Å². The van der Waals surface area contributed by atoms with Gasteiger partial charge in [-0.1, -0.05) is 24.3 Å². The van der Waals surface area contributed by atoms with Crippen molar-refractivity contribution in [1.29, 1.82) is 0 Å². The lowest BCUT2D eigenvalue weighted by atomic mass is 10.0. The molecule has 5 nitrogen and oxygen atoms in total. The molecule has 0 aromatic heterocycles. The molecule has 0 spiro atoms. The average Bonchev–Trinajstić information content (AvgIpc) is 3.12. The molecule has 1 aliphatic rings. The summed E-state index contributed by atoms with van der Waals surface area (Å²) in [6, 6.07) is 15.9. The summed E-state index contributed by atoms with van der Waals surface area (Å²) in [4.78, 5) is 18.0. The van der Waals surface area contributed by atoms with Gasteiger partial charge in [-0.15, -0.1) is 0 Å². The van der Waals surface area contributed by atoms with Crippen molar-refractivity contribution in [2.45, 2.75) is 27.7 Å². The van der Waals surface area contributed by atoms with E-state index < -0.39 is 0 Å². The average molecular weight is 447 g/mol. The van der Waals surface area contributed by atoms with Crippen molar-refractivity contribution < 1.29 is 14.3 Å². The molecule has 1 aliphatic heterocycles. The van der Waals surface area contributed by atoms with E-state index in [0.717, 1.165) is 39.1 Å². The van der Waals surface area contributed by atoms with E-state index in [9.17, 15) is 4.79 Å². The molecule has 32 heavy (non-hydrogen) atoms. The van der Waals surface area contributed by atoms with Gasteiger partial charge in [0.15, 0.2) is 5.17 Å². The van der Waals surface area contributed by atoms with Crippen LogP contribution in [0.1, 0.15) is 30.5 Å². The van der Waals surface area contributed by atoms with Gasteiger partial charge in [0.1, 0.15) is 11.5 Å². The van der Waals surface area contributed by atoms with Gasteiger partial charge in [-0.05, 0) is 91.7 Å². The van der Waals surface area contributed by atoms with Crippen LogP contribution in [0.5, 0.6) is 11.5 Å². The second-order valence-electron chi connectivity index (χ2n) is 7.43. The van der Waals surface area contributed by atoms with E-state index in [1.165, 1.54) is 17.3 Å². The first-order chi connectivity index (χ1) is 15.5. The lowest BCUT2D eigenvalue weighted by Crippen LogP contribution is -2.19. The highest BCUT2D eigenvalue weighted by Crippen LogP contribution is 2.36. The normalized spacial score (nSPS) is 16.1. The molecule has 164 valence electrons. The van der Waals surface area contributed by atoms with Crippen molar-refractivity contribution >= 4 is 45.4 Å². The second kappa shape index (κ2) is 9.49. The lowest BCUT2D eigenvalue weighted by Gasteiger charge is -2.12. The quantitative estimate of drug-likeness (QED) is 0.462. The Hall–Kier alpha value is -3.25. The summed E-state index contributed by atoms with van der Waals surface area (Å²) in [5, 5.41) is 5.49. The lowest BCUT2D eigenvalue weighted by molar-refractivity contribution is -0.115. The summed E-state index contributed by atoms with van der Waals surface area (Å²) >= 11 is 1.34. The Balaban J connectivity index is 1.76. The van der Waals surface area contributed by atoms with Crippen LogP contribution >= 0.6 is 11.8 Å². The van der Waals surface area contributed by atoms with Crippen LogP contribution in [0.2, 0.25) is 0 Å². The SMILES string of the molecule is CCOc1ccc2ccc(OCC)c(/C=C3\SC(=Nc4cccc(C)c4C)NC3=O)c2c1. The molecular weight excluding hydrogens is 420 g/mol. The minimum Gasteiger partial charge on any atom is -0.494 e. The highest BCUT2D eigenvalue weighted by Gasteiger charge is 2.25. The van der Waals surface area contributed by atoms with Crippen molar-refractivity contribution in [3.8, 4) is 11.5 Å². The van der Waals surface area contributed by atoms with Crippen molar-refractivity contribution in [1.82, 2.24) is 5.32 Å². The number of fused-ring (bicyclic) bond motifs is 1. The maximum atomic E-state index is 12.8. The molecule has 1 amide bonds. The van der Waals surface area contributed by atoms with Crippen LogP contribution < -0.4 is 14.8 Å². The van der Waals surface area contributed by atoms with E-state index in [1.54, 1.807) is 0 Å². The van der Waals surface area contributed by atoms with Crippen molar-refractivity contribution in [2.75, 3.05) is 13.2 Å². The zero-order chi connectivity index (χ0) is 22.7. The molecule has 4 rings (SSSR count). The number of benzene rings is 3. The van der Waals surface area contributed by atoms with Gasteiger partial charge < -0.3 is 14.8 Å². The second-order valence-corrected chi connectivity index (χ2v) is 8.46. The van der Waals surface area contributed by atoms with Crippen LogP contribution in [0.4, 0.5) is 5.69 Å². The maximum absolute atomic E-state index is 12.8. The zero-order valence-electron chi connectivity index (χ0n) is 18.7. The Morgan fingerprint density at radius 3 is 2.59 bits per heavy atom. The number of amides is 1. The summed E-state index contributed by atoms with van der Waals surface area (Å²) in [7, 11) is 0. The van der Waals surface area contributed by atoms with Crippen LogP contribution in [0.3, 0.4) is 0 Å². The Morgan fingerprint density at radius 1 is 1.03 bits per heavy atom. The predicted octanol–water partition coefficient (Wildman–Crippen LogP) is 6.15. The smallest absolute Gasteiger partial charge is 0.264 e. The molecule has 0 aliphatic carbocycles. The number of ether oxygens (including phenoxy) is 2. The summed E-state index contributed by atoms with van der Waals surface area (Å²) < 4.78 is 11.6. The fourth-order valence-electron chi connectivity index (χ4n) is 3.57. The fourth-order valence-corrected chi connectivity index (χ4v) is 4.38. The highest BCUT2D eigenvalue weighted by molar-refractivity contribution is 8.18. The molecule has 3 aromatic carbocycles. The van der Waals surface area contributed by atoms with Crippen LogP contribution in [-0.2, 0) is 4.79 Å². The summed E-state index contributed by atoms with van der Waals surface area (Å²) in [5.74, 6) is 1.35. The van der Waals surface area contributed by atoms with Gasteiger partial charge in [-0.25, -0.2) is 4.99 Å². The molecule has 0 unspecified atom stereocenters. The first-order valence-electron chi connectivity index (χ1n) is 10.7. The number of carbonyl (C=O) groups is 1. The van der Waals surface area contributed by atoms with Gasteiger partial charge in [0.25, 0.3) is 5.91 Å². The standard InChI is InChI=1S/C26H26N2O3S/c1-5-30-19-12-10-18-11-13-23(31-6-2)21(20(18)14-19)15-24-25(29)28-26(32-24)27-22-9-7-8-16(3)17(22)4/h7-15H,5-6H2,1-4H3,(H,27,28,29)/b24-15-. The molecule has 0 radical (unpaired) electrons. The topological polar surface area (TPSA) is 59.9 Å². The summed E-state index contributed by atoms with van der Waals surface area (Å²) in [6.45, 7) is 9.11. The predicted molar refractivity (Wildman–Crippen MR) is 133 cm³/mol. The molecule has 1 heterocycles. The largest absolute Gasteiger partial charge is 0.494 e. The van der Waals surface area contributed by atoms with Gasteiger partial charge in [-0.3, -0.25) is 4.79 Å². The molecular formula is C26H26N2O3S. The summed E-state index contributed by atoms with van der Waals surface area (Å²) in [6.07, 6.45) is 1.88. The highest BCUT2D eigenvalue weighted by atomic mass is 32.2. The number of amidine groups is 1. The maximum Gasteiger partial charge on any atom is 0.264 e. The van der Waals surface area contributed by atoms with E-state index >= 15 is 0 Å². The fraction of sp³-hybridized carbons (Fsp3) is 0.231. The zero-order valence-corrected chi connectivity index (χ0v) is 19.5. The third-order valence-electron chi connectivity index (χ3n) is 5.33. The van der Waals surface area contributed by atoms with E-state index in [1.807, 2.05) is 69.3 Å². The number of aliphatic imine (C=N–C) groups is 1. The first-order valence-corrected chi connectivity index (χ1v) is 11.5. The monoisotopic (exact) mass is 446 g/mol. The number of carbonyl (C=O) groups excluding carboxylic acids is 1. The molecule has 3 aromatic rings. The van der Waals surface area contributed by atoms with Gasteiger partial charge in [0, 0.05) is 5.56 Å².